The van der Waals surface area contributed by atoms with Crippen molar-refractivity contribution in [2.75, 3.05) is 13.2 Å². The van der Waals surface area contributed by atoms with Gasteiger partial charge in [0.1, 0.15) is 13.2 Å². The fourth-order valence-corrected chi connectivity index (χ4v) is 6.64. The van der Waals surface area contributed by atoms with Crippen molar-refractivity contribution in [3.8, 4) is 0 Å². The van der Waals surface area contributed by atoms with Crippen LogP contribution in [0.1, 0.15) is 188 Å². The Bertz CT molecular complexity index is 1900. The molecule has 1 unspecified atom stereocenters. The molecule has 0 fully saturated rings. The van der Waals surface area contributed by atoms with Gasteiger partial charge in [-0.05, 0) is 141 Å². The summed E-state index contributed by atoms with van der Waals surface area (Å²) in [5.41, 5.74) is 0. The van der Waals surface area contributed by atoms with E-state index in [9.17, 15) is 14.4 Å². The van der Waals surface area contributed by atoms with E-state index in [1.807, 2.05) is 24.3 Å². The zero-order chi connectivity index (χ0) is 54.3. The quantitative estimate of drug-likeness (QED) is 0.0261. The molecular formula is C69H100O6. The predicted octanol–water partition coefficient (Wildman–Crippen LogP) is 19.6. The fourth-order valence-electron chi connectivity index (χ4n) is 6.64. The highest BCUT2D eigenvalue weighted by molar-refractivity contribution is 5.71. The van der Waals surface area contributed by atoms with Gasteiger partial charge in [0.25, 0.3) is 0 Å². The molecule has 0 heterocycles. The van der Waals surface area contributed by atoms with E-state index in [0.717, 1.165) is 128 Å². The molecule has 0 aromatic rings. The van der Waals surface area contributed by atoms with Gasteiger partial charge in [-0.2, -0.15) is 0 Å². The molecule has 1 atom stereocenters. The SMILES string of the molecule is CC/C=C\C/C=C\C/C=C\C/C=C\C/C=C\C/C=C\CCC(=O)OCC(COC(=O)CCCCC/C=C\C/C=C\C/C=C\C/C=C\C/C=C\CC)OC(=O)CC/C=C\C/C=C\C/C=C\C/C=C\C/C=C\C/C=C\CC. The number of hydrogen-bond acceptors (Lipinski definition) is 6. The van der Waals surface area contributed by atoms with Gasteiger partial charge >= 0.3 is 17.9 Å². The molecule has 0 aromatic carbocycles. The average molecular weight is 1030 g/mol. The minimum absolute atomic E-state index is 0.162. The maximum absolute atomic E-state index is 12.8. The Morgan fingerprint density at radius 3 is 0.800 bits per heavy atom. The standard InChI is InChI=1S/C69H100O6/c1-4-7-10-13-16-19-22-25-28-31-34-37-40-43-46-49-52-55-58-61-67(70)73-64-66(75-69(72)63-60-57-54-51-48-45-42-39-36-33-30-27-24-21-18-15-12-9-6-3)65-74-68(71)62-59-56-53-50-47-44-41-38-35-32-29-26-23-20-17-14-11-8-5-2/h7-12,16-21,25-30,34-39,43-48,52,54-55,57,66H,4-6,13-15,22-24,31-33,40-42,49-51,53,56,58-65H2,1-3H3/b10-7-,11-8-,12-9-,19-16-,20-17-,21-18-,28-25-,29-26-,30-27-,37-34-,38-35-,39-36-,46-43-,47-44-,48-45-,55-52-,57-54-. The highest BCUT2D eigenvalue weighted by Gasteiger charge is 2.19. The number of carbonyl (C=O) groups excluding carboxylic acids is 3. The third kappa shape index (κ3) is 58.7. The molecule has 412 valence electrons. The van der Waals surface area contributed by atoms with Crippen molar-refractivity contribution in [3.05, 3.63) is 207 Å². The normalized spacial score (nSPS) is 13.7. The Balaban J connectivity index is 4.73. The van der Waals surface area contributed by atoms with Crippen molar-refractivity contribution >= 4 is 17.9 Å². The number of unbranched alkanes of at least 4 members (excludes halogenated alkanes) is 3. The molecule has 0 saturated heterocycles. The first-order chi connectivity index (χ1) is 37.0. The Labute approximate surface area is 458 Å². The molecule has 0 aliphatic rings. The summed E-state index contributed by atoms with van der Waals surface area (Å²) < 4.78 is 16.7. The number of allylic oxidation sites excluding steroid dienone is 34. The molecular weight excluding hydrogens is 925 g/mol. The van der Waals surface area contributed by atoms with Crippen LogP contribution in [-0.4, -0.2) is 37.2 Å². The van der Waals surface area contributed by atoms with Crippen molar-refractivity contribution in [2.24, 2.45) is 0 Å². The van der Waals surface area contributed by atoms with Crippen LogP contribution in [-0.2, 0) is 28.6 Å². The van der Waals surface area contributed by atoms with E-state index < -0.39 is 18.0 Å². The maximum atomic E-state index is 12.8. The van der Waals surface area contributed by atoms with Gasteiger partial charge in [-0.3, -0.25) is 14.4 Å². The first-order valence-electron chi connectivity index (χ1n) is 28.6. The summed E-state index contributed by atoms with van der Waals surface area (Å²) in [5.74, 6) is -1.18. The Kier molecular flexibility index (Phi) is 55.7. The number of hydrogen-bond donors (Lipinski definition) is 0. The van der Waals surface area contributed by atoms with Crippen LogP contribution in [0.25, 0.3) is 0 Å². The summed E-state index contributed by atoms with van der Waals surface area (Å²) >= 11 is 0. The number of ether oxygens (including phenoxy) is 3. The van der Waals surface area contributed by atoms with Crippen molar-refractivity contribution in [2.45, 2.75) is 194 Å². The zero-order valence-electron chi connectivity index (χ0n) is 47.0. The number of esters is 3. The molecule has 0 rings (SSSR count). The molecule has 0 aliphatic carbocycles. The van der Waals surface area contributed by atoms with Gasteiger partial charge in [0.05, 0.1) is 0 Å². The number of rotatable bonds is 48. The Morgan fingerprint density at radius 2 is 0.507 bits per heavy atom. The molecule has 0 amide bonds. The second kappa shape index (κ2) is 60.5. The Hall–Kier alpha value is -6.01. The summed E-state index contributed by atoms with van der Waals surface area (Å²) in [7, 11) is 0. The first-order valence-corrected chi connectivity index (χ1v) is 28.6. The fraction of sp³-hybridized carbons (Fsp3) is 0.464. The average Bonchev–Trinajstić information content (AvgIpc) is 3.41. The van der Waals surface area contributed by atoms with Crippen molar-refractivity contribution in [1.82, 2.24) is 0 Å². The van der Waals surface area contributed by atoms with Crippen molar-refractivity contribution in [3.63, 3.8) is 0 Å². The van der Waals surface area contributed by atoms with E-state index in [1.54, 1.807) is 0 Å². The van der Waals surface area contributed by atoms with Gasteiger partial charge in [0.2, 0.25) is 0 Å². The lowest BCUT2D eigenvalue weighted by molar-refractivity contribution is -0.166. The van der Waals surface area contributed by atoms with Gasteiger partial charge in [-0.15, -0.1) is 0 Å². The van der Waals surface area contributed by atoms with Crippen LogP contribution in [0.15, 0.2) is 207 Å². The van der Waals surface area contributed by atoms with Crippen molar-refractivity contribution < 1.29 is 28.6 Å². The monoisotopic (exact) mass is 1020 g/mol. The van der Waals surface area contributed by atoms with E-state index in [0.29, 0.717) is 19.3 Å². The number of carbonyl (C=O) groups is 3. The molecule has 75 heavy (non-hydrogen) atoms. The summed E-state index contributed by atoms with van der Waals surface area (Å²) in [6, 6.07) is 0. The molecule has 0 spiro atoms. The second-order valence-electron chi connectivity index (χ2n) is 17.7. The minimum Gasteiger partial charge on any atom is -0.462 e. The van der Waals surface area contributed by atoms with E-state index >= 15 is 0 Å². The topological polar surface area (TPSA) is 78.9 Å². The summed E-state index contributed by atoms with van der Waals surface area (Å²) in [6.07, 6.45) is 94.1. The summed E-state index contributed by atoms with van der Waals surface area (Å²) in [4.78, 5) is 38.1. The van der Waals surface area contributed by atoms with Gasteiger partial charge in [-0.25, -0.2) is 0 Å². The predicted molar refractivity (Wildman–Crippen MR) is 324 cm³/mol. The van der Waals surface area contributed by atoms with Crippen LogP contribution < -0.4 is 0 Å². The van der Waals surface area contributed by atoms with Crippen LogP contribution in [0.4, 0.5) is 0 Å². The van der Waals surface area contributed by atoms with E-state index in [-0.39, 0.29) is 38.4 Å². The van der Waals surface area contributed by atoms with Crippen LogP contribution >= 0.6 is 0 Å². The van der Waals surface area contributed by atoms with Crippen molar-refractivity contribution in [1.29, 1.82) is 0 Å². The first kappa shape index (κ1) is 69.0. The third-order valence-corrected chi connectivity index (χ3v) is 10.8. The minimum atomic E-state index is -0.878. The van der Waals surface area contributed by atoms with Crippen LogP contribution in [0, 0.1) is 0 Å². The lowest BCUT2D eigenvalue weighted by Gasteiger charge is -2.18. The smallest absolute Gasteiger partial charge is 0.306 e. The van der Waals surface area contributed by atoms with E-state index in [1.165, 1.54) is 0 Å². The van der Waals surface area contributed by atoms with Gasteiger partial charge in [-0.1, -0.05) is 234 Å². The lowest BCUT2D eigenvalue weighted by atomic mass is 10.1. The summed E-state index contributed by atoms with van der Waals surface area (Å²) in [6.45, 7) is 6.11. The van der Waals surface area contributed by atoms with Crippen LogP contribution in [0.5, 0.6) is 0 Å². The van der Waals surface area contributed by atoms with Crippen LogP contribution in [0.3, 0.4) is 0 Å². The second-order valence-corrected chi connectivity index (χ2v) is 17.7. The highest BCUT2D eigenvalue weighted by atomic mass is 16.6. The van der Waals surface area contributed by atoms with E-state index in [4.69, 9.17) is 14.2 Å². The molecule has 0 aliphatic heterocycles. The molecule has 6 nitrogen and oxygen atoms in total. The molecule has 0 saturated carbocycles. The molecule has 0 N–H and O–H groups in total. The van der Waals surface area contributed by atoms with Crippen LogP contribution in [0.2, 0.25) is 0 Å². The Morgan fingerprint density at radius 1 is 0.267 bits per heavy atom. The zero-order valence-corrected chi connectivity index (χ0v) is 47.0. The van der Waals surface area contributed by atoms with Gasteiger partial charge < -0.3 is 14.2 Å². The largest absolute Gasteiger partial charge is 0.462 e. The van der Waals surface area contributed by atoms with E-state index in [2.05, 4.69) is 203 Å². The van der Waals surface area contributed by atoms with Gasteiger partial charge in [0.15, 0.2) is 6.10 Å². The highest BCUT2D eigenvalue weighted by Crippen LogP contribution is 2.09. The third-order valence-electron chi connectivity index (χ3n) is 10.8. The summed E-state index contributed by atoms with van der Waals surface area (Å²) in [5, 5.41) is 0. The molecule has 6 heteroatoms. The molecule has 0 aromatic heterocycles. The maximum Gasteiger partial charge on any atom is 0.306 e. The molecule has 0 radical (unpaired) electrons. The lowest BCUT2D eigenvalue weighted by Crippen LogP contribution is -2.30. The molecule has 0 bridgehead atoms. The van der Waals surface area contributed by atoms with Gasteiger partial charge in [0, 0.05) is 19.3 Å².